The van der Waals surface area contributed by atoms with E-state index in [0.717, 1.165) is 5.56 Å². The van der Waals surface area contributed by atoms with Gasteiger partial charge in [0, 0.05) is 19.8 Å². The minimum Gasteiger partial charge on any atom is -0.497 e. The molecule has 0 amide bonds. The molecule has 0 fully saturated rings. The monoisotopic (exact) mass is 326 g/mol. The van der Waals surface area contributed by atoms with Gasteiger partial charge in [-0.15, -0.1) is 0 Å². The number of aromatic nitrogens is 1. The minimum atomic E-state index is -3.60. The van der Waals surface area contributed by atoms with Gasteiger partial charge in [0.25, 0.3) is 0 Å². The number of nitrogens with zero attached hydrogens (tertiary/aromatic N) is 2. The van der Waals surface area contributed by atoms with Gasteiger partial charge in [0.2, 0.25) is 10.0 Å². The van der Waals surface area contributed by atoms with E-state index >= 15 is 0 Å². The molecule has 5 nitrogen and oxygen atoms in total. The van der Waals surface area contributed by atoms with Crippen LogP contribution in [0, 0.1) is 0 Å². The van der Waals surface area contributed by atoms with Crippen LogP contribution in [0.4, 0.5) is 0 Å². The maximum absolute atomic E-state index is 12.4. The zero-order chi connectivity index (χ0) is 15.5. The summed E-state index contributed by atoms with van der Waals surface area (Å²) in [5.41, 5.74) is 0.836. The van der Waals surface area contributed by atoms with Gasteiger partial charge >= 0.3 is 0 Å². The predicted octanol–water partition coefficient (Wildman–Crippen LogP) is 2.56. The van der Waals surface area contributed by atoms with Gasteiger partial charge < -0.3 is 4.74 Å². The van der Waals surface area contributed by atoms with E-state index in [2.05, 4.69) is 4.98 Å². The second kappa shape index (κ2) is 6.43. The minimum absolute atomic E-state index is 0.109. The van der Waals surface area contributed by atoms with Crippen molar-refractivity contribution in [2.24, 2.45) is 0 Å². The summed E-state index contributed by atoms with van der Waals surface area (Å²) in [6.45, 7) is 0.238. The Labute approximate surface area is 129 Å². The highest BCUT2D eigenvalue weighted by molar-refractivity contribution is 7.89. The van der Waals surface area contributed by atoms with Crippen molar-refractivity contribution < 1.29 is 13.2 Å². The fourth-order valence-electron chi connectivity index (χ4n) is 1.81. The molecular formula is C14H15ClN2O3S. The van der Waals surface area contributed by atoms with Crippen molar-refractivity contribution in [3.63, 3.8) is 0 Å². The molecule has 1 heterocycles. The molecule has 1 aromatic carbocycles. The van der Waals surface area contributed by atoms with Crippen LogP contribution in [-0.4, -0.2) is 31.9 Å². The quantitative estimate of drug-likeness (QED) is 0.792. The van der Waals surface area contributed by atoms with Crippen molar-refractivity contribution in [1.29, 1.82) is 0 Å². The SMILES string of the molecule is COc1cccc(CN(C)S(=O)(=O)c2ccc(Cl)nc2)c1. The third kappa shape index (κ3) is 3.72. The summed E-state index contributed by atoms with van der Waals surface area (Å²) in [5.74, 6) is 0.687. The van der Waals surface area contributed by atoms with E-state index in [-0.39, 0.29) is 16.6 Å². The molecule has 0 unspecified atom stereocenters. The van der Waals surface area contributed by atoms with Crippen LogP contribution in [0.1, 0.15) is 5.56 Å². The van der Waals surface area contributed by atoms with Gasteiger partial charge in [-0.05, 0) is 29.8 Å². The first-order valence-corrected chi connectivity index (χ1v) is 7.96. The zero-order valence-electron chi connectivity index (χ0n) is 11.7. The summed E-state index contributed by atoms with van der Waals surface area (Å²) in [6.07, 6.45) is 1.25. The van der Waals surface area contributed by atoms with Crippen LogP contribution in [0.2, 0.25) is 5.15 Å². The molecule has 0 spiro atoms. The second-order valence-electron chi connectivity index (χ2n) is 4.43. The molecule has 0 saturated heterocycles. The number of halogens is 1. The standard InChI is InChI=1S/C14H15ClN2O3S/c1-17(10-11-4-3-5-12(8-11)20-2)21(18,19)13-6-7-14(15)16-9-13/h3-9H,10H2,1-2H3. The lowest BCUT2D eigenvalue weighted by Gasteiger charge is -2.17. The summed E-state index contributed by atoms with van der Waals surface area (Å²) in [6, 6.07) is 10.2. The average molecular weight is 327 g/mol. The third-order valence-corrected chi connectivity index (χ3v) is 4.96. The van der Waals surface area contributed by atoms with Gasteiger partial charge in [-0.2, -0.15) is 4.31 Å². The smallest absolute Gasteiger partial charge is 0.244 e. The number of hydrogen-bond acceptors (Lipinski definition) is 4. The van der Waals surface area contributed by atoms with Gasteiger partial charge in [0.05, 0.1) is 7.11 Å². The highest BCUT2D eigenvalue weighted by atomic mass is 35.5. The van der Waals surface area contributed by atoms with Crippen molar-refractivity contribution in [2.45, 2.75) is 11.4 Å². The Kier molecular flexibility index (Phi) is 4.82. The number of rotatable bonds is 5. The van der Waals surface area contributed by atoms with Gasteiger partial charge in [0.1, 0.15) is 15.8 Å². The molecule has 7 heteroatoms. The molecule has 1 aromatic heterocycles. The summed E-state index contributed by atoms with van der Waals surface area (Å²) < 4.78 is 31.2. The van der Waals surface area contributed by atoms with E-state index in [1.165, 1.54) is 29.7 Å². The normalized spacial score (nSPS) is 11.6. The summed E-state index contributed by atoms with van der Waals surface area (Å²) in [5, 5.41) is 0.254. The molecule has 112 valence electrons. The fourth-order valence-corrected chi connectivity index (χ4v) is 3.02. The molecule has 0 saturated carbocycles. The molecule has 0 aliphatic heterocycles. The van der Waals surface area contributed by atoms with Crippen LogP contribution in [0.25, 0.3) is 0 Å². The van der Waals surface area contributed by atoms with Crippen molar-refractivity contribution in [1.82, 2.24) is 9.29 Å². The first-order chi connectivity index (χ1) is 9.93. The maximum Gasteiger partial charge on any atom is 0.244 e. The predicted molar refractivity (Wildman–Crippen MR) is 80.9 cm³/mol. The topological polar surface area (TPSA) is 59.5 Å². The highest BCUT2D eigenvalue weighted by Gasteiger charge is 2.21. The number of benzene rings is 1. The number of sulfonamides is 1. The lowest BCUT2D eigenvalue weighted by Crippen LogP contribution is -2.26. The number of pyridine rings is 1. The van der Waals surface area contributed by atoms with E-state index in [1.807, 2.05) is 12.1 Å². The molecule has 0 bridgehead atoms. The van der Waals surface area contributed by atoms with Crippen LogP contribution >= 0.6 is 11.6 Å². The fraction of sp³-hybridized carbons (Fsp3) is 0.214. The molecule has 0 N–H and O–H groups in total. The van der Waals surface area contributed by atoms with Crippen LogP contribution in [-0.2, 0) is 16.6 Å². The average Bonchev–Trinajstić information content (AvgIpc) is 2.48. The first-order valence-electron chi connectivity index (χ1n) is 6.14. The molecule has 0 aliphatic rings. The number of methoxy groups -OCH3 is 1. The second-order valence-corrected chi connectivity index (χ2v) is 6.86. The van der Waals surface area contributed by atoms with E-state index in [4.69, 9.17) is 16.3 Å². The van der Waals surface area contributed by atoms with Crippen LogP contribution in [0.5, 0.6) is 5.75 Å². The Morgan fingerprint density at radius 2 is 2.05 bits per heavy atom. The van der Waals surface area contributed by atoms with E-state index in [1.54, 1.807) is 19.2 Å². The summed E-state index contributed by atoms with van der Waals surface area (Å²) >= 11 is 5.67. The molecule has 0 atom stereocenters. The van der Waals surface area contributed by atoms with Gasteiger partial charge in [-0.3, -0.25) is 0 Å². The molecular weight excluding hydrogens is 312 g/mol. The largest absolute Gasteiger partial charge is 0.497 e. The Hall–Kier alpha value is -1.63. The highest BCUT2D eigenvalue weighted by Crippen LogP contribution is 2.19. The maximum atomic E-state index is 12.4. The van der Waals surface area contributed by atoms with Crippen LogP contribution in [0.3, 0.4) is 0 Å². The van der Waals surface area contributed by atoms with E-state index < -0.39 is 10.0 Å². The molecule has 2 aromatic rings. The van der Waals surface area contributed by atoms with Crippen molar-refractivity contribution >= 4 is 21.6 Å². The molecule has 0 aliphatic carbocycles. The van der Waals surface area contributed by atoms with E-state index in [9.17, 15) is 8.42 Å². The number of ether oxygens (including phenoxy) is 1. The molecule has 21 heavy (non-hydrogen) atoms. The third-order valence-electron chi connectivity index (χ3n) is 2.95. The molecule has 2 rings (SSSR count). The lowest BCUT2D eigenvalue weighted by molar-refractivity contribution is 0.412. The van der Waals surface area contributed by atoms with E-state index in [0.29, 0.717) is 5.75 Å². The van der Waals surface area contributed by atoms with Gasteiger partial charge in [-0.25, -0.2) is 13.4 Å². The van der Waals surface area contributed by atoms with Crippen molar-refractivity contribution in [3.8, 4) is 5.75 Å². The first kappa shape index (κ1) is 15.8. The summed E-state index contributed by atoms with van der Waals surface area (Å²) in [7, 11) is -0.516. The van der Waals surface area contributed by atoms with Gasteiger partial charge in [0.15, 0.2) is 0 Å². The van der Waals surface area contributed by atoms with Crippen LogP contribution < -0.4 is 4.74 Å². The van der Waals surface area contributed by atoms with Crippen molar-refractivity contribution in [3.05, 3.63) is 53.3 Å². The molecule has 0 radical (unpaired) electrons. The Balaban J connectivity index is 2.22. The zero-order valence-corrected chi connectivity index (χ0v) is 13.2. The Morgan fingerprint density at radius 3 is 2.67 bits per heavy atom. The number of hydrogen-bond donors (Lipinski definition) is 0. The van der Waals surface area contributed by atoms with Gasteiger partial charge in [-0.1, -0.05) is 23.7 Å². The van der Waals surface area contributed by atoms with Crippen LogP contribution in [0.15, 0.2) is 47.5 Å². The summed E-state index contributed by atoms with van der Waals surface area (Å²) in [4.78, 5) is 3.91. The lowest BCUT2D eigenvalue weighted by atomic mass is 10.2. The Bertz CT molecular complexity index is 717. The Morgan fingerprint density at radius 1 is 1.29 bits per heavy atom. The van der Waals surface area contributed by atoms with Crippen molar-refractivity contribution in [2.75, 3.05) is 14.2 Å².